The van der Waals surface area contributed by atoms with Gasteiger partial charge in [-0.15, -0.1) is 0 Å². The number of hydrogen-bond donors (Lipinski definition) is 1. The lowest BCUT2D eigenvalue weighted by Gasteiger charge is -2.24. The van der Waals surface area contributed by atoms with Crippen LogP contribution in [0.1, 0.15) is 43.0 Å². The van der Waals surface area contributed by atoms with Crippen LogP contribution in [-0.4, -0.2) is 35.4 Å². The molecule has 6 heteroatoms. The van der Waals surface area contributed by atoms with Gasteiger partial charge in [-0.05, 0) is 31.9 Å². The highest BCUT2D eigenvalue weighted by Gasteiger charge is 2.25. The van der Waals surface area contributed by atoms with Crippen LogP contribution in [0.15, 0.2) is 18.2 Å². The summed E-state index contributed by atoms with van der Waals surface area (Å²) in [7, 11) is 1.81. The molecule has 1 fully saturated rings. The van der Waals surface area contributed by atoms with Crippen molar-refractivity contribution in [1.82, 2.24) is 4.90 Å². The molecule has 1 aromatic rings. The Bertz CT molecular complexity index is 539. The monoisotopic (exact) mass is 291 g/mol. The second kappa shape index (κ2) is 6.56. The molecule has 0 heterocycles. The number of carbonyl (C=O) groups is 1. The smallest absolute Gasteiger partial charge is 0.292 e. The lowest BCUT2D eigenvalue weighted by atomic mass is 10.1. The predicted molar refractivity (Wildman–Crippen MR) is 81.6 cm³/mol. The van der Waals surface area contributed by atoms with Gasteiger partial charge in [-0.25, -0.2) is 0 Å². The lowest BCUT2D eigenvalue weighted by Crippen LogP contribution is -2.35. The van der Waals surface area contributed by atoms with Crippen molar-refractivity contribution in [3.05, 3.63) is 33.9 Å². The second-order valence-electron chi connectivity index (χ2n) is 5.37. The number of hydrogen-bond acceptors (Lipinski definition) is 4. The van der Waals surface area contributed by atoms with Gasteiger partial charge < -0.3 is 10.2 Å². The number of benzene rings is 1. The fourth-order valence-electron chi connectivity index (χ4n) is 2.82. The van der Waals surface area contributed by atoms with Gasteiger partial charge in [-0.3, -0.25) is 14.9 Å². The zero-order valence-corrected chi connectivity index (χ0v) is 12.5. The first-order chi connectivity index (χ1) is 10.0. The molecular weight excluding hydrogens is 270 g/mol. The number of rotatable bonds is 5. The molecule has 6 nitrogen and oxygen atoms in total. The maximum absolute atomic E-state index is 12.5. The zero-order valence-electron chi connectivity index (χ0n) is 12.5. The summed E-state index contributed by atoms with van der Waals surface area (Å²) in [4.78, 5) is 24.8. The van der Waals surface area contributed by atoms with E-state index >= 15 is 0 Å². The Balaban J connectivity index is 2.24. The van der Waals surface area contributed by atoms with Crippen molar-refractivity contribution in [2.75, 3.05) is 18.9 Å². The summed E-state index contributed by atoms with van der Waals surface area (Å²) in [5.41, 5.74) is 0.885. The van der Waals surface area contributed by atoms with Crippen LogP contribution in [0.3, 0.4) is 0 Å². The van der Waals surface area contributed by atoms with Crippen molar-refractivity contribution in [3.63, 3.8) is 0 Å². The Morgan fingerprint density at radius 1 is 1.43 bits per heavy atom. The topological polar surface area (TPSA) is 75.5 Å². The molecule has 1 aliphatic carbocycles. The van der Waals surface area contributed by atoms with Crippen LogP contribution >= 0.6 is 0 Å². The molecule has 1 aliphatic rings. The molecule has 0 radical (unpaired) electrons. The fraction of sp³-hybridized carbons (Fsp3) is 0.533. The number of nitrogens with one attached hydrogen (secondary N) is 1. The summed E-state index contributed by atoms with van der Waals surface area (Å²) in [6.45, 7) is 2.43. The molecule has 0 unspecified atom stereocenters. The second-order valence-corrected chi connectivity index (χ2v) is 5.37. The molecular formula is C15H21N3O3. The van der Waals surface area contributed by atoms with Gasteiger partial charge in [0.25, 0.3) is 11.6 Å². The van der Waals surface area contributed by atoms with E-state index in [1.54, 1.807) is 11.0 Å². The SMILES string of the molecule is CCNc1cc(C(=O)N(C)C2CCCC2)ccc1[N+](=O)[O-]. The van der Waals surface area contributed by atoms with Crippen molar-refractivity contribution < 1.29 is 9.72 Å². The molecule has 1 amide bonds. The van der Waals surface area contributed by atoms with E-state index in [0.29, 0.717) is 17.8 Å². The summed E-state index contributed by atoms with van der Waals surface area (Å²) < 4.78 is 0. The quantitative estimate of drug-likeness (QED) is 0.668. The van der Waals surface area contributed by atoms with Gasteiger partial charge in [0.15, 0.2) is 0 Å². The number of amides is 1. The van der Waals surface area contributed by atoms with E-state index in [-0.39, 0.29) is 17.6 Å². The number of nitro benzene ring substituents is 1. The molecule has 0 bridgehead atoms. The number of carbonyl (C=O) groups excluding carboxylic acids is 1. The Labute approximate surface area is 124 Å². The van der Waals surface area contributed by atoms with E-state index in [2.05, 4.69) is 5.32 Å². The van der Waals surface area contributed by atoms with E-state index in [0.717, 1.165) is 25.7 Å². The van der Waals surface area contributed by atoms with Crippen molar-refractivity contribution in [3.8, 4) is 0 Å². The van der Waals surface area contributed by atoms with E-state index in [1.165, 1.54) is 12.1 Å². The van der Waals surface area contributed by atoms with Gasteiger partial charge in [-0.2, -0.15) is 0 Å². The minimum Gasteiger partial charge on any atom is -0.380 e. The van der Waals surface area contributed by atoms with E-state index in [1.807, 2.05) is 14.0 Å². The predicted octanol–water partition coefficient (Wildman–Crippen LogP) is 3.04. The molecule has 114 valence electrons. The number of nitro groups is 1. The highest BCUT2D eigenvalue weighted by molar-refractivity contribution is 5.96. The first-order valence-electron chi connectivity index (χ1n) is 7.34. The molecule has 1 aromatic carbocycles. The molecule has 0 aromatic heterocycles. The molecule has 0 saturated heterocycles. The maximum atomic E-state index is 12.5. The molecule has 0 atom stereocenters. The maximum Gasteiger partial charge on any atom is 0.292 e. The van der Waals surface area contributed by atoms with Gasteiger partial charge in [-0.1, -0.05) is 12.8 Å². The van der Waals surface area contributed by atoms with Gasteiger partial charge >= 0.3 is 0 Å². The third-order valence-electron chi connectivity index (χ3n) is 4.00. The van der Waals surface area contributed by atoms with Crippen LogP contribution in [0.4, 0.5) is 11.4 Å². The molecule has 0 spiro atoms. The van der Waals surface area contributed by atoms with Crippen LogP contribution in [-0.2, 0) is 0 Å². The average Bonchev–Trinajstić information content (AvgIpc) is 3.00. The van der Waals surface area contributed by atoms with Gasteiger partial charge in [0.2, 0.25) is 0 Å². The Kier molecular flexibility index (Phi) is 4.77. The van der Waals surface area contributed by atoms with Crippen LogP contribution in [0.2, 0.25) is 0 Å². The van der Waals surface area contributed by atoms with E-state index < -0.39 is 4.92 Å². The highest BCUT2D eigenvalue weighted by Crippen LogP contribution is 2.28. The molecule has 1 N–H and O–H groups in total. The summed E-state index contributed by atoms with van der Waals surface area (Å²) in [6.07, 6.45) is 4.39. The third-order valence-corrected chi connectivity index (χ3v) is 4.00. The van der Waals surface area contributed by atoms with Crippen molar-refractivity contribution in [2.24, 2.45) is 0 Å². The molecule has 1 saturated carbocycles. The van der Waals surface area contributed by atoms with E-state index in [9.17, 15) is 14.9 Å². The van der Waals surface area contributed by atoms with Gasteiger partial charge in [0.05, 0.1) is 4.92 Å². The largest absolute Gasteiger partial charge is 0.380 e. The number of nitrogens with zero attached hydrogens (tertiary/aromatic N) is 2. The van der Waals surface area contributed by atoms with E-state index in [4.69, 9.17) is 0 Å². The highest BCUT2D eigenvalue weighted by atomic mass is 16.6. The average molecular weight is 291 g/mol. The Hall–Kier alpha value is -2.11. The zero-order chi connectivity index (χ0) is 15.4. The third kappa shape index (κ3) is 3.32. The van der Waals surface area contributed by atoms with Crippen LogP contribution in [0.5, 0.6) is 0 Å². The van der Waals surface area contributed by atoms with Crippen molar-refractivity contribution >= 4 is 17.3 Å². The standard InChI is InChI=1S/C15H21N3O3/c1-3-16-13-10-11(8-9-14(13)18(20)21)15(19)17(2)12-6-4-5-7-12/h8-10,12,16H,3-7H2,1-2H3. The Morgan fingerprint density at radius 2 is 2.10 bits per heavy atom. The molecule has 0 aliphatic heterocycles. The first kappa shape index (κ1) is 15.3. The van der Waals surface area contributed by atoms with Crippen molar-refractivity contribution in [2.45, 2.75) is 38.6 Å². The number of anilines is 1. The first-order valence-corrected chi connectivity index (χ1v) is 7.34. The molecule has 21 heavy (non-hydrogen) atoms. The van der Waals surface area contributed by atoms with Gasteiger partial charge in [0, 0.05) is 31.3 Å². The summed E-state index contributed by atoms with van der Waals surface area (Å²) in [5.74, 6) is -0.0732. The fourth-order valence-corrected chi connectivity index (χ4v) is 2.82. The lowest BCUT2D eigenvalue weighted by molar-refractivity contribution is -0.384. The van der Waals surface area contributed by atoms with Crippen LogP contribution in [0, 0.1) is 10.1 Å². The molecule has 2 rings (SSSR count). The van der Waals surface area contributed by atoms with Crippen LogP contribution < -0.4 is 5.32 Å². The van der Waals surface area contributed by atoms with Crippen molar-refractivity contribution in [1.29, 1.82) is 0 Å². The minimum atomic E-state index is -0.438. The van der Waals surface area contributed by atoms with Crippen LogP contribution in [0.25, 0.3) is 0 Å². The van der Waals surface area contributed by atoms with Gasteiger partial charge in [0.1, 0.15) is 5.69 Å². The summed E-state index contributed by atoms with van der Waals surface area (Å²) in [5, 5.41) is 13.9. The minimum absolute atomic E-state index is 0.00285. The summed E-state index contributed by atoms with van der Waals surface area (Å²) >= 11 is 0. The normalized spacial score (nSPS) is 15.0. The Morgan fingerprint density at radius 3 is 2.67 bits per heavy atom. The summed E-state index contributed by atoms with van der Waals surface area (Å²) in [6, 6.07) is 4.80.